The molecule has 7 heavy (non-hydrogen) atoms. The molecule has 0 atom stereocenters. The summed E-state index contributed by atoms with van der Waals surface area (Å²) in [5, 5.41) is 0. The van der Waals surface area contributed by atoms with E-state index >= 15 is 0 Å². The fourth-order valence-electron chi connectivity index (χ4n) is 0.313. The van der Waals surface area contributed by atoms with Gasteiger partial charge in [0.05, 0.1) is 0 Å². The fraction of sp³-hybridized carbons (Fsp3) is 0. The Kier molecular flexibility index (Phi) is 3.68. The molecular weight excluding hydrogens is 101 g/mol. The molecule has 0 aliphatic carbocycles. The molecule has 30 valence electrons. The molecule has 0 unspecified atom stereocenters. The van der Waals surface area contributed by atoms with Gasteiger partial charge in [0.25, 0.3) is 0 Å². The third-order valence-corrected chi connectivity index (χ3v) is 0.566. The Morgan fingerprint density at radius 3 is 1.57 bits per heavy atom. The van der Waals surface area contributed by atoms with Gasteiger partial charge in [-0.2, -0.15) is 0 Å². The Labute approximate surface area is 53.5 Å². The monoisotopic (exact) mass is 106 g/mol. The summed E-state index contributed by atoms with van der Waals surface area (Å²) >= 11 is 0. The Bertz CT molecular complexity index is 80.0. The van der Waals surface area contributed by atoms with Crippen molar-refractivity contribution in [1.29, 1.82) is 0 Å². The molecule has 1 heterocycles. The van der Waals surface area contributed by atoms with E-state index in [2.05, 4.69) is 4.98 Å². The van der Waals surface area contributed by atoms with E-state index < -0.39 is 0 Å². The summed E-state index contributed by atoms with van der Waals surface area (Å²) in [7, 11) is 0. The first-order chi connectivity index (χ1) is 3.00. The minimum atomic E-state index is 0. The van der Waals surface area contributed by atoms with Crippen LogP contribution >= 0.6 is 0 Å². The first-order valence-corrected chi connectivity index (χ1v) is 1.85. The van der Waals surface area contributed by atoms with Crippen molar-refractivity contribution >= 4 is 17.4 Å². The number of hydrogen-bond acceptors (Lipinski definition) is 1. The van der Waals surface area contributed by atoms with Gasteiger partial charge in [-0.3, -0.25) is 4.98 Å². The smallest absolute Gasteiger partial charge is 0.265 e. The van der Waals surface area contributed by atoms with Crippen LogP contribution in [0.3, 0.4) is 0 Å². The molecule has 0 bridgehead atoms. The average Bonchev–Trinajstić information content (AvgIpc) is 1.72. The number of hydrogen-bond donors (Lipinski definition) is 0. The number of pyridine rings is 1. The van der Waals surface area contributed by atoms with E-state index in [1.54, 1.807) is 12.4 Å². The van der Waals surface area contributed by atoms with Crippen molar-refractivity contribution in [3.05, 3.63) is 30.6 Å². The topological polar surface area (TPSA) is 12.9 Å². The third kappa shape index (κ3) is 2.39. The van der Waals surface area contributed by atoms with Crippen LogP contribution in [0.2, 0.25) is 0 Å². The van der Waals surface area contributed by atoms with Gasteiger partial charge in [0.15, 0.2) is 0 Å². The summed E-state index contributed by atoms with van der Waals surface area (Å²) in [5.74, 6) is 0. The van der Waals surface area contributed by atoms with Crippen LogP contribution in [0.15, 0.2) is 30.6 Å². The molecule has 0 aromatic carbocycles. The van der Waals surface area contributed by atoms with Gasteiger partial charge in [0, 0.05) is 12.4 Å². The van der Waals surface area contributed by atoms with Gasteiger partial charge < -0.3 is 0 Å². The normalized spacial score (nSPS) is 6.86. The van der Waals surface area contributed by atoms with Crippen LogP contribution in [0.5, 0.6) is 0 Å². The molecule has 1 aromatic rings. The summed E-state index contributed by atoms with van der Waals surface area (Å²) in [4.78, 5) is 3.78. The molecule has 0 aliphatic rings. The standard InChI is InChI=1S/C5H5N.Al/c1-2-4-6-5-3-1;/h1-5H;/q;+3. The van der Waals surface area contributed by atoms with Crippen LogP contribution in [0.25, 0.3) is 0 Å². The third-order valence-electron chi connectivity index (χ3n) is 0.566. The van der Waals surface area contributed by atoms with E-state index in [-0.39, 0.29) is 17.4 Å². The van der Waals surface area contributed by atoms with Crippen molar-refractivity contribution in [2.24, 2.45) is 0 Å². The van der Waals surface area contributed by atoms with E-state index in [1.807, 2.05) is 18.2 Å². The second kappa shape index (κ2) is 3.86. The van der Waals surface area contributed by atoms with E-state index in [1.165, 1.54) is 0 Å². The zero-order chi connectivity index (χ0) is 4.24. The minimum absolute atomic E-state index is 0. The zero-order valence-electron chi connectivity index (χ0n) is 3.91. The molecule has 2 heteroatoms. The number of rotatable bonds is 0. The second-order valence-corrected chi connectivity index (χ2v) is 1.02. The summed E-state index contributed by atoms with van der Waals surface area (Å²) in [6, 6.07) is 5.72. The summed E-state index contributed by atoms with van der Waals surface area (Å²) in [5.41, 5.74) is 0. The molecule has 0 radical (unpaired) electrons. The zero-order valence-corrected chi connectivity index (χ0v) is 5.07. The van der Waals surface area contributed by atoms with Gasteiger partial charge in [0.2, 0.25) is 0 Å². The van der Waals surface area contributed by atoms with Crippen LogP contribution < -0.4 is 0 Å². The Morgan fingerprint density at radius 1 is 0.857 bits per heavy atom. The van der Waals surface area contributed by atoms with Gasteiger partial charge in [0.1, 0.15) is 0 Å². The molecule has 0 saturated carbocycles. The van der Waals surface area contributed by atoms with Crippen molar-refractivity contribution in [3.8, 4) is 0 Å². The van der Waals surface area contributed by atoms with Crippen molar-refractivity contribution in [3.63, 3.8) is 0 Å². The van der Waals surface area contributed by atoms with Crippen molar-refractivity contribution in [2.75, 3.05) is 0 Å². The van der Waals surface area contributed by atoms with E-state index in [4.69, 9.17) is 0 Å². The van der Waals surface area contributed by atoms with Gasteiger partial charge in [-0.15, -0.1) is 0 Å². The second-order valence-electron chi connectivity index (χ2n) is 1.02. The maximum Gasteiger partial charge on any atom is 3.00 e. The van der Waals surface area contributed by atoms with Crippen LogP contribution in [0.1, 0.15) is 0 Å². The largest absolute Gasteiger partial charge is 3.00 e. The van der Waals surface area contributed by atoms with Crippen LogP contribution in [0.4, 0.5) is 0 Å². The van der Waals surface area contributed by atoms with Crippen molar-refractivity contribution < 1.29 is 0 Å². The van der Waals surface area contributed by atoms with Crippen molar-refractivity contribution in [1.82, 2.24) is 4.98 Å². The van der Waals surface area contributed by atoms with Gasteiger partial charge in [-0.1, -0.05) is 6.07 Å². The average molecular weight is 106 g/mol. The number of nitrogens with zero attached hydrogens (tertiary/aromatic N) is 1. The maximum absolute atomic E-state index is 3.78. The van der Waals surface area contributed by atoms with E-state index in [0.29, 0.717) is 0 Å². The molecule has 0 fully saturated rings. The maximum atomic E-state index is 3.78. The van der Waals surface area contributed by atoms with Gasteiger partial charge in [-0.25, -0.2) is 0 Å². The van der Waals surface area contributed by atoms with Crippen LogP contribution in [0, 0.1) is 0 Å². The minimum Gasteiger partial charge on any atom is -0.265 e. The molecule has 1 aromatic heterocycles. The summed E-state index contributed by atoms with van der Waals surface area (Å²) in [6.07, 6.45) is 3.50. The van der Waals surface area contributed by atoms with Gasteiger partial charge >= 0.3 is 17.4 Å². The quantitative estimate of drug-likeness (QED) is 0.443. The van der Waals surface area contributed by atoms with E-state index in [9.17, 15) is 0 Å². The Balaban J connectivity index is 0.000000360. The summed E-state index contributed by atoms with van der Waals surface area (Å²) < 4.78 is 0. The molecule has 1 nitrogen and oxygen atoms in total. The first-order valence-electron chi connectivity index (χ1n) is 1.85. The Hall–Kier alpha value is -0.318. The molecule has 0 amide bonds. The van der Waals surface area contributed by atoms with Crippen LogP contribution in [-0.4, -0.2) is 22.3 Å². The predicted molar refractivity (Wildman–Crippen MR) is 30.0 cm³/mol. The Morgan fingerprint density at radius 2 is 1.43 bits per heavy atom. The molecule has 0 spiro atoms. The summed E-state index contributed by atoms with van der Waals surface area (Å²) in [6.45, 7) is 0. The molecule has 0 aliphatic heterocycles. The number of aromatic nitrogens is 1. The van der Waals surface area contributed by atoms with Crippen molar-refractivity contribution in [2.45, 2.75) is 0 Å². The molecule has 0 saturated heterocycles. The SMILES string of the molecule is [Al+3].c1ccncc1. The molecule has 0 N–H and O–H groups in total. The van der Waals surface area contributed by atoms with Crippen LogP contribution in [-0.2, 0) is 0 Å². The van der Waals surface area contributed by atoms with E-state index in [0.717, 1.165) is 0 Å². The predicted octanol–water partition coefficient (Wildman–Crippen LogP) is 0.701. The molecule has 1 rings (SSSR count). The first kappa shape index (κ1) is 6.68. The molecular formula is C5H5AlN+3. The van der Waals surface area contributed by atoms with Gasteiger partial charge in [-0.05, 0) is 12.1 Å². The fourth-order valence-corrected chi connectivity index (χ4v) is 0.313.